The highest BCUT2D eigenvalue weighted by molar-refractivity contribution is 5.89. The Hall–Kier alpha value is -3.95. The molecule has 3 aromatic rings. The van der Waals surface area contributed by atoms with Crippen LogP contribution in [0.5, 0.6) is 5.75 Å². The Kier molecular flexibility index (Phi) is 6.53. The van der Waals surface area contributed by atoms with Crippen LogP contribution in [-0.4, -0.2) is 38.9 Å². The van der Waals surface area contributed by atoms with Gasteiger partial charge in [-0.05, 0) is 48.2 Å². The zero-order valence-corrected chi connectivity index (χ0v) is 18.0. The maximum absolute atomic E-state index is 13.5. The zero-order valence-electron chi connectivity index (χ0n) is 18.0. The first kappa shape index (κ1) is 22.3. The first-order valence-electron chi connectivity index (χ1n) is 10.6. The molecule has 0 unspecified atom stereocenters. The number of anilines is 2. The fraction of sp³-hybridized carbons (Fsp3) is 0.304. The van der Waals surface area contributed by atoms with Crippen LogP contribution in [0, 0.1) is 5.82 Å². The van der Waals surface area contributed by atoms with E-state index in [2.05, 4.69) is 20.7 Å². The third-order valence-electron chi connectivity index (χ3n) is 5.51. The van der Waals surface area contributed by atoms with Gasteiger partial charge in [-0.25, -0.2) is 9.07 Å². The Balaban J connectivity index is 1.59. The predicted molar refractivity (Wildman–Crippen MR) is 119 cm³/mol. The molecule has 2 aromatic carbocycles. The van der Waals surface area contributed by atoms with Crippen molar-refractivity contribution in [3.63, 3.8) is 0 Å². The maximum Gasteiger partial charge on any atom is 0.303 e. The molecule has 9 nitrogen and oxygen atoms in total. The number of aromatic nitrogens is 3. The zero-order chi connectivity index (χ0) is 23.4. The summed E-state index contributed by atoms with van der Waals surface area (Å²) in [4.78, 5) is 27.3. The monoisotopic (exact) mass is 453 g/mol. The number of amides is 1. The molecule has 10 heteroatoms. The number of ether oxygens (including phenoxy) is 1. The maximum atomic E-state index is 13.5. The van der Waals surface area contributed by atoms with Crippen LogP contribution < -0.4 is 15.4 Å². The SMILES string of the molecule is COc1ccc([C@H]2C[C@H](c3ccc(F)cc3)n3nc(NC(=O)CCCC(=O)O)nc3N2)cc1. The third kappa shape index (κ3) is 5.28. The first-order valence-corrected chi connectivity index (χ1v) is 10.6. The van der Waals surface area contributed by atoms with E-state index in [-0.39, 0.29) is 49.0 Å². The molecule has 0 saturated heterocycles. The Morgan fingerprint density at radius 3 is 2.52 bits per heavy atom. The number of hydrogen-bond donors (Lipinski definition) is 3. The second kappa shape index (κ2) is 9.68. The van der Waals surface area contributed by atoms with Crippen molar-refractivity contribution in [1.29, 1.82) is 0 Å². The quantitative estimate of drug-likeness (QED) is 0.475. The summed E-state index contributed by atoms with van der Waals surface area (Å²) in [6, 6.07) is 13.6. The van der Waals surface area contributed by atoms with Crippen LogP contribution in [0.3, 0.4) is 0 Å². The van der Waals surface area contributed by atoms with E-state index in [0.29, 0.717) is 12.4 Å². The van der Waals surface area contributed by atoms with Crippen LogP contribution in [-0.2, 0) is 9.59 Å². The van der Waals surface area contributed by atoms with Gasteiger partial charge in [0.15, 0.2) is 0 Å². The molecule has 4 rings (SSSR count). The van der Waals surface area contributed by atoms with Gasteiger partial charge in [0.05, 0.1) is 19.2 Å². The van der Waals surface area contributed by atoms with E-state index in [0.717, 1.165) is 16.9 Å². The molecule has 172 valence electrons. The van der Waals surface area contributed by atoms with E-state index in [9.17, 15) is 14.0 Å². The summed E-state index contributed by atoms with van der Waals surface area (Å²) in [5.41, 5.74) is 1.89. The summed E-state index contributed by atoms with van der Waals surface area (Å²) in [6.45, 7) is 0. The highest BCUT2D eigenvalue weighted by atomic mass is 19.1. The first-order chi connectivity index (χ1) is 15.9. The molecule has 0 fully saturated rings. The standard InChI is InChI=1S/C23H24FN5O4/c1-33-17-11-7-14(8-12-17)18-13-19(15-5-9-16(24)10-6-15)29-23(25-18)27-22(28-29)26-20(30)3-2-4-21(31)32/h5-12,18-19H,2-4,13H2,1H3,(H,31,32)(H2,25,26,27,28,30)/t18-,19-/m1/s1. The molecule has 0 radical (unpaired) electrons. The molecule has 3 N–H and O–H groups in total. The van der Waals surface area contributed by atoms with E-state index < -0.39 is 5.97 Å². The molecule has 0 bridgehead atoms. The second-order valence-corrected chi connectivity index (χ2v) is 7.77. The van der Waals surface area contributed by atoms with Crippen LogP contribution in [0.15, 0.2) is 48.5 Å². The average Bonchev–Trinajstić information content (AvgIpc) is 3.21. The fourth-order valence-corrected chi connectivity index (χ4v) is 3.84. The van der Waals surface area contributed by atoms with E-state index >= 15 is 0 Å². The van der Waals surface area contributed by atoms with Gasteiger partial charge in [-0.1, -0.05) is 24.3 Å². The summed E-state index contributed by atoms with van der Waals surface area (Å²) >= 11 is 0. The van der Waals surface area contributed by atoms with Gasteiger partial charge in [-0.15, -0.1) is 5.10 Å². The number of halogens is 1. The lowest BCUT2D eigenvalue weighted by Gasteiger charge is -2.31. The minimum absolute atomic E-state index is 0.0550. The number of nitrogens with zero attached hydrogens (tertiary/aromatic N) is 3. The highest BCUT2D eigenvalue weighted by Gasteiger charge is 2.31. The van der Waals surface area contributed by atoms with Gasteiger partial charge in [0.2, 0.25) is 11.9 Å². The topological polar surface area (TPSA) is 118 Å². The summed E-state index contributed by atoms with van der Waals surface area (Å²) in [5, 5.41) is 19.2. The number of methoxy groups -OCH3 is 1. The smallest absolute Gasteiger partial charge is 0.303 e. The lowest BCUT2D eigenvalue weighted by molar-refractivity contribution is -0.137. The van der Waals surface area contributed by atoms with Crippen molar-refractivity contribution in [2.75, 3.05) is 17.7 Å². The summed E-state index contributed by atoms with van der Waals surface area (Å²) in [6.07, 6.45) is 0.822. The van der Waals surface area contributed by atoms with Crippen molar-refractivity contribution < 1.29 is 23.8 Å². The molecule has 33 heavy (non-hydrogen) atoms. The van der Waals surface area contributed by atoms with Crippen molar-refractivity contribution in [2.45, 2.75) is 37.8 Å². The van der Waals surface area contributed by atoms with Crippen molar-refractivity contribution in [1.82, 2.24) is 14.8 Å². The normalized spacial score (nSPS) is 17.0. The number of benzene rings is 2. The molecule has 1 aliphatic heterocycles. The Bertz CT molecular complexity index is 1130. The van der Waals surface area contributed by atoms with Gasteiger partial charge >= 0.3 is 5.97 Å². The minimum Gasteiger partial charge on any atom is -0.497 e. The average molecular weight is 453 g/mol. The summed E-state index contributed by atoms with van der Waals surface area (Å²) < 4.78 is 20.4. The van der Waals surface area contributed by atoms with Crippen molar-refractivity contribution in [3.8, 4) is 5.75 Å². The number of nitrogens with one attached hydrogen (secondary N) is 2. The van der Waals surface area contributed by atoms with Gasteiger partial charge in [0.1, 0.15) is 11.6 Å². The van der Waals surface area contributed by atoms with Crippen molar-refractivity contribution in [2.24, 2.45) is 0 Å². The van der Waals surface area contributed by atoms with Crippen LogP contribution in [0.25, 0.3) is 0 Å². The van der Waals surface area contributed by atoms with Gasteiger partial charge in [-0.2, -0.15) is 4.98 Å². The lowest BCUT2D eigenvalue weighted by atomic mass is 9.93. The highest BCUT2D eigenvalue weighted by Crippen LogP contribution is 2.38. The summed E-state index contributed by atoms with van der Waals surface area (Å²) in [5.74, 6) is -0.288. The lowest BCUT2D eigenvalue weighted by Crippen LogP contribution is -2.28. The van der Waals surface area contributed by atoms with Crippen LogP contribution in [0.4, 0.5) is 16.3 Å². The summed E-state index contributed by atoms with van der Waals surface area (Å²) in [7, 11) is 1.61. The molecule has 2 heterocycles. The number of rotatable bonds is 8. The number of carbonyl (C=O) groups excluding carboxylic acids is 1. The Labute approximate surface area is 189 Å². The van der Waals surface area contributed by atoms with Gasteiger partial charge in [0.25, 0.3) is 5.95 Å². The Morgan fingerprint density at radius 2 is 1.85 bits per heavy atom. The van der Waals surface area contributed by atoms with Gasteiger partial charge < -0.3 is 15.2 Å². The molecule has 2 atom stereocenters. The number of carboxylic acid groups (broad SMARTS) is 1. The molecular formula is C23H24FN5O4. The van der Waals surface area contributed by atoms with Crippen LogP contribution in [0.2, 0.25) is 0 Å². The molecule has 0 spiro atoms. The molecular weight excluding hydrogens is 429 g/mol. The number of carbonyl (C=O) groups is 2. The van der Waals surface area contributed by atoms with Crippen molar-refractivity contribution >= 4 is 23.8 Å². The number of aliphatic carboxylic acids is 1. The van der Waals surface area contributed by atoms with Crippen molar-refractivity contribution in [3.05, 3.63) is 65.5 Å². The minimum atomic E-state index is -0.950. The number of fused-ring (bicyclic) bond motifs is 1. The third-order valence-corrected chi connectivity index (χ3v) is 5.51. The van der Waals surface area contributed by atoms with Crippen LogP contribution in [0.1, 0.15) is 48.9 Å². The second-order valence-electron chi connectivity index (χ2n) is 7.77. The number of hydrogen-bond acceptors (Lipinski definition) is 6. The number of carboxylic acids is 1. The fourth-order valence-electron chi connectivity index (χ4n) is 3.84. The molecule has 1 aromatic heterocycles. The largest absolute Gasteiger partial charge is 0.497 e. The Morgan fingerprint density at radius 1 is 1.15 bits per heavy atom. The molecule has 0 saturated carbocycles. The van der Waals surface area contributed by atoms with E-state index in [1.165, 1.54) is 12.1 Å². The van der Waals surface area contributed by atoms with E-state index in [1.54, 1.807) is 23.9 Å². The van der Waals surface area contributed by atoms with E-state index in [4.69, 9.17) is 9.84 Å². The van der Waals surface area contributed by atoms with E-state index in [1.807, 2.05) is 24.3 Å². The predicted octanol–water partition coefficient (Wildman–Crippen LogP) is 3.77. The molecule has 1 aliphatic rings. The van der Waals surface area contributed by atoms with Gasteiger partial charge in [0, 0.05) is 12.8 Å². The molecule has 1 amide bonds. The van der Waals surface area contributed by atoms with Crippen LogP contribution >= 0.6 is 0 Å². The van der Waals surface area contributed by atoms with Gasteiger partial charge in [-0.3, -0.25) is 14.9 Å². The molecule has 0 aliphatic carbocycles.